The number of carbonyl (C=O) groups excluding carboxylic acids is 2. The summed E-state index contributed by atoms with van der Waals surface area (Å²) in [4.78, 5) is 31.1. The molecule has 1 heterocycles. The van der Waals surface area contributed by atoms with E-state index in [4.69, 9.17) is 10.5 Å². The van der Waals surface area contributed by atoms with E-state index < -0.39 is 5.54 Å². The largest absolute Gasteiger partial charge is 0.453 e. The van der Waals surface area contributed by atoms with Crippen LogP contribution in [0.4, 0.5) is 14.9 Å². The number of hydrogen-bond donors (Lipinski definition) is 2. The molecule has 0 aliphatic heterocycles. The number of halogens is 1. The molecule has 1 aromatic heterocycles. The van der Waals surface area contributed by atoms with Gasteiger partial charge in [0.15, 0.2) is 0 Å². The first-order chi connectivity index (χ1) is 18.8. The van der Waals surface area contributed by atoms with E-state index in [1.807, 2.05) is 42.5 Å². The molecule has 0 saturated heterocycles. The molecule has 2 aromatic carbocycles. The average Bonchev–Trinajstić information content (AvgIpc) is 3.70. The molecule has 0 bridgehead atoms. The molecule has 39 heavy (non-hydrogen) atoms. The number of benzene rings is 2. The molecule has 2 saturated carbocycles. The average molecular weight is 531 g/mol. The molecule has 204 valence electrons. The Bertz CT molecular complexity index is 1350. The third-order valence-electron chi connectivity index (χ3n) is 8.12. The van der Waals surface area contributed by atoms with Gasteiger partial charge >= 0.3 is 6.09 Å². The number of rotatable bonds is 7. The smallest absolute Gasteiger partial charge is 0.409 e. The van der Waals surface area contributed by atoms with E-state index in [2.05, 4.69) is 10.3 Å². The Balaban J connectivity index is 1.30. The summed E-state index contributed by atoms with van der Waals surface area (Å²) in [6.45, 7) is 0. The van der Waals surface area contributed by atoms with Crippen molar-refractivity contribution in [1.29, 1.82) is 0 Å². The molecule has 0 radical (unpaired) electrons. The summed E-state index contributed by atoms with van der Waals surface area (Å²) in [5, 5.41) is 3.01. The van der Waals surface area contributed by atoms with Gasteiger partial charge in [-0.15, -0.1) is 0 Å². The Hall–Kier alpha value is -3.78. The van der Waals surface area contributed by atoms with Crippen molar-refractivity contribution < 1.29 is 18.7 Å². The van der Waals surface area contributed by atoms with Gasteiger partial charge in [-0.3, -0.25) is 9.78 Å². The quantitative estimate of drug-likeness (QED) is 0.385. The molecule has 8 heteroatoms. The van der Waals surface area contributed by atoms with Crippen molar-refractivity contribution in [3.8, 4) is 22.4 Å². The molecule has 0 atom stereocenters. The summed E-state index contributed by atoms with van der Waals surface area (Å²) in [5.41, 5.74) is 9.84. The second kappa shape index (κ2) is 11.1. The van der Waals surface area contributed by atoms with Crippen molar-refractivity contribution in [2.75, 3.05) is 19.5 Å². The molecule has 3 N–H and O–H groups in total. The lowest BCUT2D eigenvalue weighted by molar-refractivity contribution is -0.117. The number of carbonyl (C=O) groups is 2. The van der Waals surface area contributed by atoms with Gasteiger partial charge in [-0.25, -0.2) is 9.18 Å². The summed E-state index contributed by atoms with van der Waals surface area (Å²) in [6.07, 6.45) is 6.72. The van der Waals surface area contributed by atoms with Crippen LogP contribution in [0, 0.1) is 11.7 Å². The van der Waals surface area contributed by atoms with Crippen LogP contribution in [0.25, 0.3) is 22.4 Å². The molecule has 2 fully saturated rings. The van der Waals surface area contributed by atoms with Crippen LogP contribution in [0.15, 0.2) is 60.8 Å². The Morgan fingerprint density at radius 1 is 1.08 bits per heavy atom. The highest BCUT2D eigenvalue weighted by Gasteiger charge is 2.42. The monoisotopic (exact) mass is 530 g/mol. The number of pyridine rings is 1. The van der Waals surface area contributed by atoms with Crippen LogP contribution < -0.4 is 11.1 Å². The molecule has 5 rings (SSSR count). The van der Waals surface area contributed by atoms with Gasteiger partial charge in [0.1, 0.15) is 5.82 Å². The number of nitrogens with zero attached hydrogens (tertiary/aromatic N) is 2. The number of anilines is 1. The Labute approximate surface area is 228 Å². The van der Waals surface area contributed by atoms with E-state index in [1.54, 1.807) is 24.2 Å². The topological polar surface area (TPSA) is 97.5 Å². The lowest BCUT2D eigenvalue weighted by atomic mass is 9.83. The van der Waals surface area contributed by atoms with Crippen LogP contribution in [-0.2, 0) is 15.1 Å². The van der Waals surface area contributed by atoms with Gasteiger partial charge in [-0.2, -0.15) is 0 Å². The zero-order chi connectivity index (χ0) is 27.6. The minimum atomic E-state index is -0.553. The number of aromatic nitrogens is 1. The van der Waals surface area contributed by atoms with Crippen LogP contribution in [0.5, 0.6) is 0 Å². The molecular weight excluding hydrogens is 495 g/mol. The zero-order valence-corrected chi connectivity index (χ0v) is 22.5. The third kappa shape index (κ3) is 5.96. The summed E-state index contributed by atoms with van der Waals surface area (Å²) >= 11 is 0. The Morgan fingerprint density at radius 2 is 1.79 bits per heavy atom. The molecular formula is C31H35FN4O3. The highest BCUT2D eigenvalue weighted by atomic mass is 19.1. The second-order valence-corrected chi connectivity index (χ2v) is 10.8. The standard InChI is InChI=1S/C31H35FN4O3/c1-36(30(38)39-2)24-11-8-20(9-12-24)16-28(37)35-23-18-25(21-6-4-3-5-7-21)29(34-19-23)22-10-13-26(27(32)17-22)31(33)14-15-31/h3-7,10,13,17-20,24H,8-9,11-12,14-16,33H2,1-2H3,(H,35,37)/t20-,24-. The van der Waals surface area contributed by atoms with Gasteiger partial charge in [-0.1, -0.05) is 42.5 Å². The first-order valence-corrected chi connectivity index (χ1v) is 13.5. The number of ether oxygens (including phenoxy) is 1. The number of nitrogens with one attached hydrogen (secondary N) is 1. The molecule has 0 unspecified atom stereocenters. The van der Waals surface area contributed by atoms with E-state index in [-0.39, 0.29) is 29.8 Å². The van der Waals surface area contributed by atoms with Crippen molar-refractivity contribution in [3.05, 3.63) is 72.2 Å². The predicted octanol–water partition coefficient (Wildman–Crippen LogP) is 6.09. The second-order valence-electron chi connectivity index (χ2n) is 10.8. The van der Waals surface area contributed by atoms with E-state index in [9.17, 15) is 9.59 Å². The Kier molecular flexibility index (Phi) is 7.66. The van der Waals surface area contributed by atoms with Gasteiger partial charge in [0.2, 0.25) is 5.91 Å². The summed E-state index contributed by atoms with van der Waals surface area (Å²) in [6, 6.07) is 16.9. The van der Waals surface area contributed by atoms with Gasteiger partial charge < -0.3 is 20.7 Å². The van der Waals surface area contributed by atoms with Gasteiger partial charge in [0.25, 0.3) is 0 Å². The summed E-state index contributed by atoms with van der Waals surface area (Å²) in [7, 11) is 3.15. The van der Waals surface area contributed by atoms with E-state index in [1.165, 1.54) is 13.2 Å². The first kappa shape index (κ1) is 26.8. The zero-order valence-electron chi connectivity index (χ0n) is 22.5. The van der Waals surface area contributed by atoms with Crippen LogP contribution in [-0.4, -0.2) is 42.1 Å². The number of methoxy groups -OCH3 is 1. The Morgan fingerprint density at radius 3 is 2.44 bits per heavy atom. The number of hydrogen-bond acceptors (Lipinski definition) is 5. The predicted molar refractivity (Wildman–Crippen MR) is 149 cm³/mol. The van der Waals surface area contributed by atoms with E-state index in [0.717, 1.165) is 49.7 Å². The number of amides is 2. The number of nitrogens with two attached hydrogens (primary N) is 1. The van der Waals surface area contributed by atoms with Gasteiger partial charge in [-0.05, 0) is 62.1 Å². The fourth-order valence-corrected chi connectivity index (χ4v) is 5.57. The minimum Gasteiger partial charge on any atom is -0.453 e. The van der Waals surface area contributed by atoms with Crippen LogP contribution >= 0.6 is 0 Å². The van der Waals surface area contributed by atoms with Gasteiger partial charge in [0, 0.05) is 41.7 Å². The fourth-order valence-electron chi connectivity index (χ4n) is 5.57. The fraction of sp³-hybridized carbons (Fsp3) is 0.387. The maximum Gasteiger partial charge on any atom is 0.409 e. The first-order valence-electron chi connectivity index (χ1n) is 13.5. The van der Waals surface area contributed by atoms with Gasteiger partial charge in [0.05, 0.1) is 24.7 Å². The normalized spacial score (nSPS) is 19.7. The summed E-state index contributed by atoms with van der Waals surface area (Å²) in [5.74, 6) is -0.133. The SMILES string of the molecule is COC(=O)N(C)[C@H]1CC[C@H](CC(=O)Nc2cnc(-c3ccc(C4(N)CC4)c(F)c3)c(-c3ccccc3)c2)CC1. The van der Waals surface area contributed by atoms with Crippen molar-refractivity contribution in [1.82, 2.24) is 9.88 Å². The molecule has 7 nitrogen and oxygen atoms in total. The van der Waals surface area contributed by atoms with Crippen LogP contribution in [0.3, 0.4) is 0 Å². The van der Waals surface area contributed by atoms with Crippen LogP contribution in [0.2, 0.25) is 0 Å². The maximum absolute atomic E-state index is 15.0. The van der Waals surface area contributed by atoms with E-state index >= 15 is 4.39 Å². The molecule has 2 aliphatic rings. The highest BCUT2D eigenvalue weighted by Crippen LogP contribution is 2.44. The third-order valence-corrected chi connectivity index (χ3v) is 8.12. The van der Waals surface area contributed by atoms with Crippen molar-refractivity contribution >= 4 is 17.7 Å². The molecule has 2 amide bonds. The van der Waals surface area contributed by atoms with E-state index in [0.29, 0.717) is 28.9 Å². The van der Waals surface area contributed by atoms with Crippen molar-refractivity contribution in [3.63, 3.8) is 0 Å². The van der Waals surface area contributed by atoms with Crippen molar-refractivity contribution in [2.45, 2.75) is 56.5 Å². The molecule has 3 aromatic rings. The summed E-state index contributed by atoms with van der Waals surface area (Å²) < 4.78 is 19.8. The molecule has 0 spiro atoms. The minimum absolute atomic E-state index is 0.0681. The highest BCUT2D eigenvalue weighted by molar-refractivity contribution is 5.93. The maximum atomic E-state index is 15.0. The lowest BCUT2D eigenvalue weighted by Gasteiger charge is -2.33. The molecule has 2 aliphatic carbocycles. The van der Waals surface area contributed by atoms with Crippen LogP contribution in [0.1, 0.15) is 50.5 Å². The lowest BCUT2D eigenvalue weighted by Crippen LogP contribution is -2.39. The van der Waals surface area contributed by atoms with Crippen molar-refractivity contribution in [2.24, 2.45) is 11.7 Å².